The number of nitrogens with one attached hydrogen (secondary N) is 1. The number of nitrogens with zero attached hydrogens (tertiary/aromatic N) is 1. The summed E-state index contributed by atoms with van der Waals surface area (Å²) in [6.45, 7) is 8.81. The highest BCUT2D eigenvalue weighted by molar-refractivity contribution is 6.76. The molecule has 2 heterocycles. The lowest BCUT2D eigenvalue weighted by Crippen LogP contribution is -2.28. The molecule has 0 bridgehead atoms. The van der Waals surface area contributed by atoms with E-state index in [1.54, 1.807) is 6.92 Å². The Balaban J connectivity index is 2.13. The van der Waals surface area contributed by atoms with Crippen molar-refractivity contribution in [2.45, 2.75) is 45.8 Å². The number of hydrogen-bond acceptors (Lipinski definition) is 5. The molecular weight excluding hydrogens is 352 g/mol. The van der Waals surface area contributed by atoms with E-state index in [-0.39, 0.29) is 28.3 Å². The molecule has 3 rings (SSSR count). The first-order valence-corrected chi connectivity index (χ1v) is 12.4. The molecule has 138 valence electrons. The third-order valence-corrected chi connectivity index (χ3v) is 6.34. The van der Waals surface area contributed by atoms with Crippen molar-refractivity contribution in [1.29, 1.82) is 0 Å². The van der Waals surface area contributed by atoms with Crippen molar-refractivity contribution < 1.29 is 4.74 Å². The predicted molar refractivity (Wildman–Crippen MR) is 105 cm³/mol. The van der Waals surface area contributed by atoms with Crippen molar-refractivity contribution >= 4 is 29.6 Å². The molecule has 1 aromatic carbocycles. The van der Waals surface area contributed by atoms with Gasteiger partial charge in [-0.05, 0) is 24.1 Å². The zero-order chi connectivity index (χ0) is 19.2. The second-order valence-electron chi connectivity index (χ2n) is 7.72. The van der Waals surface area contributed by atoms with Crippen LogP contribution in [0, 0.1) is 0 Å². The van der Waals surface area contributed by atoms with E-state index in [0.29, 0.717) is 18.6 Å². The van der Waals surface area contributed by atoms with Gasteiger partial charge >= 0.3 is 0 Å². The van der Waals surface area contributed by atoms with E-state index in [9.17, 15) is 19.2 Å². The van der Waals surface area contributed by atoms with Crippen molar-refractivity contribution in [1.82, 2.24) is 9.55 Å². The number of ether oxygens (including phenoxy) is 1. The molecule has 0 atom stereocenters. The van der Waals surface area contributed by atoms with E-state index in [2.05, 4.69) is 24.6 Å². The third kappa shape index (κ3) is 2.99. The molecule has 2 aromatic heterocycles. The molecule has 7 nitrogen and oxygen atoms in total. The van der Waals surface area contributed by atoms with Crippen molar-refractivity contribution in [3.05, 3.63) is 53.0 Å². The van der Waals surface area contributed by atoms with E-state index >= 15 is 0 Å². The highest BCUT2D eigenvalue weighted by Gasteiger charge is 2.22. The number of H-pyrrole nitrogens is 1. The van der Waals surface area contributed by atoms with Gasteiger partial charge in [-0.15, -0.1) is 0 Å². The highest BCUT2D eigenvalue weighted by atomic mass is 28.3. The number of hydrogen-bond donors (Lipinski definition) is 1. The zero-order valence-electron chi connectivity index (χ0n) is 15.4. The Hall–Kier alpha value is -2.32. The van der Waals surface area contributed by atoms with E-state index < -0.39 is 30.3 Å². The van der Waals surface area contributed by atoms with Gasteiger partial charge in [0.25, 0.3) is 22.2 Å². The molecule has 26 heavy (non-hydrogen) atoms. The largest absolute Gasteiger partial charge is 0.361 e. The number of aromatic amines is 1. The Kier molecular flexibility index (Phi) is 4.57. The quantitative estimate of drug-likeness (QED) is 0.518. The van der Waals surface area contributed by atoms with Gasteiger partial charge in [-0.3, -0.25) is 24.2 Å². The summed E-state index contributed by atoms with van der Waals surface area (Å²) >= 11 is 0. The Morgan fingerprint density at radius 1 is 1.00 bits per heavy atom. The SMILES string of the molecule is CCc1c2c(=O)[nH]c(=O)c2cc2c(=O)n(COCC[Si](C)(C)C)c(=O)c12. The smallest absolute Gasteiger partial charge is 0.263 e. The summed E-state index contributed by atoms with van der Waals surface area (Å²) in [5, 5.41) is 0.756. The number of aryl methyl sites for hydroxylation is 1. The number of rotatable bonds is 6. The molecule has 0 saturated carbocycles. The second-order valence-corrected chi connectivity index (χ2v) is 13.3. The standard InChI is InChI=1S/C18H22N2O5Si/c1-5-10-13-11(15(21)19-16(13)22)8-12-14(10)18(24)20(17(12)23)9-25-6-7-26(2,3)4/h8H,5-7,9H2,1-4H3,(H,19,21,22). The monoisotopic (exact) mass is 374 g/mol. The van der Waals surface area contributed by atoms with Crippen LogP contribution in [-0.2, 0) is 17.9 Å². The zero-order valence-corrected chi connectivity index (χ0v) is 16.4. The average molecular weight is 374 g/mol. The van der Waals surface area contributed by atoms with Gasteiger partial charge < -0.3 is 4.74 Å². The van der Waals surface area contributed by atoms with Gasteiger partial charge in [-0.1, -0.05) is 26.6 Å². The van der Waals surface area contributed by atoms with Crippen LogP contribution in [0.3, 0.4) is 0 Å². The molecule has 0 amide bonds. The predicted octanol–water partition coefficient (Wildman–Crippen LogP) is 1.31. The second kappa shape index (κ2) is 6.44. The Morgan fingerprint density at radius 3 is 2.31 bits per heavy atom. The minimum Gasteiger partial charge on any atom is -0.361 e. The van der Waals surface area contributed by atoms with Crippen LogP contribution in [0.15, 0.2) is 25.2 Å². The maximum Gasteiger partial charge on any atom is 0.263 e. The van der Waals surface area contributed by atoms with Crippen LogP contribution in [0.1, 0.15) is 12.5 Å². The fourth-order valence-electron chi connectivity index (χ4n) is 3.20. The van der Waals surface area contributed by atoms with E-state index in [1.165, 1.54) is 6.07 Å². The van der Waals surface area contributed by atoms with Crippen LogP contribution in [0.5, 0.6) is 0 Å². The summed E-state index contributed by atoms with van der Waals surface area (Å²) < 4.78 is 6.60. The molecule has 0 aliphatic heterocycles. The van der Waals surface area contributed by atoms with Crippen LogP contribution in [-0.4, -0.2) is 24.2 Å². The van der Waals surface area contributed by atoms with Gasteiger partial charge in [-0.2, -0.15) is 0 Å². The van der Waals surface area contributed by atoms with Crippen molar-refractivity contribution in [3.63, 3.8) is 0 Å². The first kappa shape index (κ1) is 18.5. The van der Waals surface area contributed by atoms with E-state index in [4.69, 9.17) is 4.74 Å². The summed E-state index contributed by atoms with van der Waals surface area (Å²) in [6, 6.07) is 2.28. The summed E-state index contributed by atoms with van der Waals surface area (Å²) in [4.78, 5) is 51.7. The summed E-state index contributed by atoms with van der Waals surface area (Å²) in [5.74, 6) is 0. The Morgan fingerprint density at radius 2 is 1.69 bits per heavy atom. The first-order valence-electron chi connectivity index (χ1n) is 8.65. The first-order chi connectivity index (χ1) is 12.2. The van der Waals surface area contributed by atoms with Gasteiger partial charge in [0.1, 0.15) is 6.73 Å². The number of aromatic nitrogens is 2. The molecule has 3 aromatic rings. The van der Waals surface area contributed by atoms with Crippen LogP contribution in [0.2, 0.25) is 25.7 Å². The molecule has 0 fully saturated rings. The lowest BCUT2D eigenvalue weighted by molar-refractivity contribution is 0.0838. The molecule has 0 aliphatic carbocycles. The van der Waals surface area contributed by atoms with Crippen LogP contribution < -0.4 is 22.2 Å². The Bertz CT molecular complexity index is 1190. The molecule has 0 spiro atoms. The Labute approximate surface area is 149 Å². The molecule has 1 N–H and O–H groups in total. The summed E-state index contributed by atoms with van der Waals surface area (Å²) in [7, 11) is -1.27. The van der Waals surface area contributed by atoms with Gasteiger partial charge in [0.05, 0.1) is 21.5 Å². The minimum absolute atomic E-state index is 0.120. The topological polar surface area (TPSA) is 98.2 Å². The van der Waals surface area contributed by atoms with E-state index in [0.717, 1.165) is 10.6 Å². The normalized spacial score (nSPS) is 12.5. The fraction of sp³-hybridized carbons (Fsp3) is 0.444. The summed E-state index contributed by atoms with van der Waals surface area (Å²) in [6.07, 6.45) is 0.371. The maximum atomic E-state index is 12.8. The lowest BCUT2D eigenvalue weighted by atomic mass is 10.0. The van der Waals surface area contributed by atoms with Crippen LogP contribution in [0.4, 0.5) is 0 Å². The average Bonchev–Trinajstić information content (AvgIpc) is 2.97. The van der Waals surface area contributed by atoms with Crippen molar-refractivity contribution in [3.8, 4) is 0 Å². The molecular formula is C18H22N2O5Si. The molecule has 0 aliphatic rings. The van der Waals surface area contributed by atoms with Crippen molar-refractivity contribution in [2.24, 2.45) is 0 Å². The maximum absolute atomic E-state index is 12.8. The van der Waals surface area contributed by atoms with Crippen LogP contribution >= 0.6 is 0 Å². The fourth-order valence-corrected chi connectivity index (χ4v) is 3.96. The van der Waals surface area contributed by atoms with Gasteiger partial charge in [0, 0.05) is 14.7 Å². The summed E-state index contributed by atoms with van der Waals surface area (Å²) in [5.41, 5.74) is -1.56. The number of benzene rings is 1. The molecule has 0 saturated heterocycles. The number of fused-ring (bicyclic) bond motifs is 2. The van der Waals surface area contributed by atoms with Crippen LogP contribution in [0.25, 0.3) is 21.5 Å². The van der Waals surface area contributed by atoms with Gasteiger partial charge in [0.15, 0.2) is 0 Å². The third-order valence-electron chi connectivity index (χ3n) is 4.63. The molecule has 8 heteroatoms. The highest BCUT2D eigenvalue weighted by Crippen LogP contribution is 2.21. The molecule has 0 radical (unpaired) electrons. The van der Waals surface area contributed by atoms with Gasteiger partial charge in [0.2, 0.25) is 0 Å². The minimum atomic E-state index is -1.27. The molecule has 0 unspecified atom stereocenters. The van der Waals surface area contributed by atoms with Crippen molar-refractivity contribution in [2.75, 3.05) is 6.61 Å². The van der Waals surface area contributed by atoms with Gasteiger partial charge in [-0.25, -0.2) is 4.57 Å². The lowest BCUT2D eigenvalue weighted by Gasteiger charge is -2.15. The van der Waals surface area contributed by atoms with E-state index in [1.807, 2.05) is 0 Å².